The van der Waals surface area contributed by atoms with Gasteiger partial charge >= 0.3 is 5.97 Å². The van der Waals surface area contributed by atoms with Crippen LogP contribution in [0.25, 0.3) is 11.3 Å². The van der Waals surface area contributed by atoms with Crippen molar-refractivity contribution < 1.29 is 14.1 Å². The summed E-state index contributed by atoms with van der Waals surface area (Å²) in [6, 6.07) is 7.08. The Morgan fingerprint density at radius 3 is 3.00 bits per heavy atom. The molecule has 3 rings (SSSR count). The lowest BCUT2D eigenvalue weighted by atomic mass is 10.1. The van der Waals surface area contributed by atoms with Crippen molar-refractivity contribution in [1.29, 1.82) is 0 Å². The van der Waals surface area contributed by atoms with Crippen LogP contribution in [0.4, 0.5) is 0 Å². The van der Waals surface area contributed by atoms with E-state index in [1.807, 2.05) is 0 Å². The Hall–Kier alpha value is -2.93. The summed E-state index contributed by atoms with van der Waals surface area (Å²) in [4.78, 5) is 12.5. The van der Waals surface area contributed by atoms with E-state index in [-0.39, 0.29) is 12.2 Å². The van der Waals surface area contributed by atoms with Crippen molar-refractivity contribution in [2.75, 3.05) is 0 Å². The van der Waals surface area contributed by atoms with Crippen molar-refractivity contribution in [2.24, 2.45) is 0 Å². The molecule has 25 heavy (non-hydrogen) atoms. The molecule has 8 heteroatoms. The van der Waals surface area contributed by atoms with Gasteiger partial charge in [0.05, 0.1) is 17.8 Å². The first-order valence-electron chi connectivity index (χ1n) is 7.48. The van der Waals surface area contributed by atoms with E-state index < -0.39 is 5.97 Å². The van der Waals surface area contributed by atoms with Crippen LogP contribution in [0.3, 0.4) is 0 Å². The number of carbonyl (C=O) groups is 1. The molecule has 3 aromatic rings. The maximum Gasteiger partial charge on any atom is 0.344 e. The van der Waals surface area contributed by atoms with Crippen LogP contribution in [0, 0.1) is 6.92 Å². The summed E-state index contributed by atoms with van der Waals surface area (Å²) in [6.45, 7) is 5.79. The van der Waals surface area contributed by atoms with Gasteiger partial charge in [0.1, 0.15) is 29.3 Å². The number of hydrogen-bond donors (Lipinski definition) is 0. The highest BCUT2D eigenvalue weighted by molar-refractivity contribution is 6.33. The predicted octanol–water partition coefficient (Wildman–Crippen LogP) is 3.44. The molecule has 0 radical (unpaired) electrons. The minimum Gasteiger partial charge on any atom is -0.455 e. The number of ether oxygens (including phenoxy) is 1. The second-order valence-electron chi connectivity index (χ2n) is 5.24. The van der Waals surface area contributed by atoms with Crippen LogP contribution < -0.4 is 0 Å². The highest BCUT2D eigenvalue weighted by Gasteiger charge is 2.24. The van der Waals surface area contributed by atoms with Gasteiger partial charge in [0, 0.05) is 5.56 Å². The van der Waals surface area contributed by atoms with Gasteiger partial charge in [-0.2, -0.15) is 0 Å². The highest BCUT2D eigenvalue weighted by Crippen LogP contribution is 2.31. The zero-order chi connectivity index (χ0) is 17.8. The molecule has 0 aliphatic heterocycles. The maximum absolute atomic E-state index is 12.5. The molecule has 0 aliphatic rings. The van der Waals surface area contributed by atoms with E-state index in [9.17, 15) is 4.79 Å². The molecule has 0 saturated carbocycles. The molecule has 0 fully saturated rings. The fourth-order valence-electron chi connectivity index (χ4n) is 2.29. The van der Waals surface area contributed by atoms with Gasteiger partial charge in [-0.05, 0) is 13.0 Å². The number of nitrogens with zero attached hydrogens (tertiary/aromatic N) is 4. The second-order valence-corrected chi connectivity index (χ2v) is 5.65. The molecule has 7 nitrogen and oxygen atoms in total. The third-order valence-corrected chi connectivity index (χ3v) is 3.78. The molecule has 2 aromatic heterocycles. The number of rotatable bonds is 6. The first-order valence-corrected chi connectivity index (χ1v) is 7.86. The van der Waals surface area contributed by atoms with Crippen molar-refractivity contribution in [2.45, 2.75) is 20.1 Å². The number of carbonyl (C=O) groups excluding carboxylic acids is 1. The molecular weight excluding hydrogens is 344 g/mol. The average Bonchev–Trinajstić information content (AvgIpc) is 3.20. The van der Waals surface area contributed by atoms with Crippen LogP contribution in [0.1, 0.15) is 21.8 Å². The van der Waals surface area contributed by atoms with E-state index >= 15 is 0 Å². The molecule has 2 heterocycles. The van der Waals surface area contributed by atoms with Crippen LogP contribution in [0.5, 0.6) is 0 Å². The Labute approximate surface area is 148 Å². The maximum atomic E-state index is 12.5. The summed E-state index contributed by atoms with van der Waals surface area (Å²) in [6.07, 6.45) is 3.38. The molecular formula is C17H15ClN4O3. The average molecular weight is 359 g/mol. The first kappa shape index (κ1) is 16.9. The fourth-order valence-corrected chi connectivity index (χ4v) is 2.51. The number of halogens is 1. The number of hydrogen-bond acceptors (Lipinski definition) is 6. The minimum absolute atomic E-state index is 0.0114. The normalized spacial score (nSPS) is 10.6. The lowest BCUT2D eigenvalue weighted by molar-refractivity contribution is 0.0466. The fraction of sp³-hybridized carbons (Fsp3) is 0.176. The summed E-state index contributed by atoms with van der Waals surface area (Å²) < 4.78 is 12.1. The van der Waals surface area contributed by atoms with Gasteiger partial charge in [0.2, 0.25) is 0 Å². The largest absolute Gasteiger partial charge is 0.455 e. The van der Waals surface area contributed by atoms with Gasteiger partial charge in [0.25, 0.3) is 0 Å². The molecule has 0 N–H and O–H groups in total. The van der Waals surface area contributed by atoms with E-state index in [4.69, 9.17) is 20.9 Å². The third-order valence-electron chi connectivity index (χ3n) is 3.45. The Kier molecular flexibility index (Phi) is 4.95. The van der Waals surface area contributed by atoms with E-state index in [0.717, 1.165) is 0 Å². The summed E-state index contributed by atoms with van der Waals surface area (Å²) in [7, 11) is 0. The van der Waals surface area contributed by atoms with E-state index in [1.165, 1.54) is 0 Å². The van der Waals surface area contributed by atoms with Gasteiger partial charge in [-0.1, -0.05) is 46.2 Å². The molecule has 0 saturated heterocycles. The number of benzene rings is 1. The zero-order valence-corrected chi connectivity index (χ0v) is 14.2. The highest BCUT2D eigenvalue weighted by atomic mass is 35.5. The molecule has 0 spiro atoms. The molecule has 1 aromatic carbocycles. The smallest absolute Gasteiger partial charge is 0.344 e. The topological polar surface area (TPSA) is 83.0 Å². The van der Waals surface area contributed by atoms with Crippen LogP contribution in [0.2, 0.25) is 5.02 Å². The summed E-state index contributed by atoms with van der Waals surface area (Å²) in [5.41, 5.74) is 1.73. The third kappa shape index (κ3) is 3.61. The molecule has 0 unspecified atom stereocenters. The minimum atomic E-state index is -0.563. The van der Waals surface area contributed by atoms with E-state index in [0.29, 0.717) is 34.3 Å². The molecule has 0 amide bonds. The number of aromatic nitrogens is 4. The van der Waals surface area contributed by atoms with Gasteiger partial charge < -0.3 is 9.26 Å². The molecule has 0 aliphatic carbocycles. The number of allylic oxidation sites excluding steroid dienone is 1. The van der Waals surface area contributed by atoms with Crippen LogP contribution in [-0.2, 0) is 17.9 Å². The molecule has 128 valence electrons. The van der Waals surface area contributed by atoms with E-state index in [1.54, 1.807) is 48.1 Å². The van der Waals surface area contributed by atoms with Crippen molar-refractivity contribution in [3.63, 3.8) is 0 Å². The van der Waals surface area contributed by atoms with Gasteiger partial charge in [-0.3, -0.25) is 0 Å². The number of aryl methyl sites for hydroxylation is 1. The van der Waals surface area contributed by atoms with Crippen molar-refractivity contribution in [3.05, 3.63) is 65.2 Å². The van der Waals surface area contributed by atoms with Gasteiger partial charge in [-0.15, -0.1) is 11.7 Å². The van der Waals surface area contributed by atoms with Crippen LogP contribution in [0.15, 0.2) is 47.6 Å². The number of esters is 1. The summed E-state index contributed by atoms with van der Waals surface area (Å²) in [5, 5.41) is 12.2. The van der Waals surface area contributed by atoms with Crippen molar-refractivity contribution in [1.82, 2.24) is 20.2 Å². The van der Waals surface area contributed by atoms with E-state index in [2.05, 4.69) is 22.0 Å². The van der Waals surface area contributed by atoms with Crippen molar-refractivity contribution >= 4 is 17.6 Å². The van der Waals surface area contributed by atoms with Gasteiger partial charge in [-0.25, -0.2) is 9.48 Å². The van der Waals surface area contributed by atoms with Crippen LogP contribution >= 0.6 is 11.6 Å². The van der Waals surface area contributed by atoms with Crippen molar-refractivity contribution in [3.8, 4) is 11.3 Å². The Morgan fingerprint density at radius 2 is 2.24 bits per heavy atom. The Bertz CT molecular complexity index is 916. The monoisotopic (exact) mass is 358 g/mol. The Morgan fingerprint density at radius 1 is 1.44 bits per heavy atom. The van der Waals surface area contributed by atoms with Gasteiger partial charge in [0.15, 0.2) is 0 Å². The quantitative estimate of drug-likeness (QED) is 0.496. The zero-order valence-electron chi connectivity index (χ0n) is 13.5. The second kappa shape index (κ2) is 7.31. The lowest BCUT2D eigenvalue weighted by Crippen LogP contribution is -2.07. The predicted molar refractivity (Wildman–Crippen MR) is 91.0 cm³/mol. The summed E-state index contributed by atoms with van der Waals surface area (Å²) in [5.74, 6) is -0.206. The standard InChI is InChI=1S/C17H15ClN4O3/c1-3-8-22-9-12(19-21-22)10-24-17(23)15-11(2)25-20-16(15)13-6-4-5-7-14(13)18/h3-7,9H,1,8,10H2,2H3. The SMILES string of the molecule is C=CCn1cc(COC(=O)c2c(-c3ccccc3Cl)noc2C)nn1. The summed E-state index contributed by atoms with van der Waals surface area (Å²) >= 11 is 6.19. The Balaban J connectivity index is 1.79. The molecule has 0 atom stereocenters. The first-order chi connectivity index (χ1) is 12.1. The molecule has 0 bridgehead atoms. The van der Waals surface area contributed by atoms with Crippen LogP contribution in [-0.4, -0.2) is 26.1 Å². The lowest BCUT2D eigenvalue weighted by Gasteiger charge is -2.04.